The Hall–Kier alpha value is -4.27. The minimum absolute atomic E-state index is 0.00760. The fourth-order valence-electron chi connectivity index (χ4n) is 8.88. The number of benzene rings is 1. The second-order valence-corrected chi connectivity index (χ2v) is 13.9. The van der Waals surface area contributed by atoms with Gasteiger partial charge in [0.25, 0.3) is 5.69 Å². The molecule has 0 bridgehead atoms. The van der Waals surface area contributed by atoms with E-state index in [0.717, 1.165) is 17.7 Å². The van der Waals surface area contributed by atoms with Crippen molar-refractivity contribution < 1.29 is 54.1 Å². The molecule has 9 atom stereocenters. The number of esters is 1. The van der Waals surface area contributed by atoms with Crippen LogP contribution < -0.4 is 5.32 Å². The number of aliphatic hydroxyl groups is 3. The molecule has 1 aromatic rings. The van der Waals surface area contributed by atoms with Crippen molar-refractivity contribution >= 4 is 35.1 Å². The third kappa shape index (κ3) is 6.08. The molecule has 1 aromatic carbocycles. The smallest absolute Gasteiger partial charge is 0.329 e. The van der Waals surface area contributed by atoms with Crippen LogP contribution in [0, 0.1) is 38.7 Å². The first-order valence-electron chi connectivity index (χ1n) is 16.0. The van der Waals surface area contributed by atoms with Crippen molar-refractivity contribution in [3.8, 4) is 0 Å². The van der Waals surface area contributed by atoms with Gasteiger partial charge in [0.1, 0.15) is 11.7 Å². The highest BCUT2D eigenvalue weighted by Crippen LogP contribution is 2.67. The van der Waals surface area contributed by atoms with E-state index in [1.807, 2.05) is 13.0 Å². The number of hydrogen-bond donors (Lipinski definition) is 5. The third-order valence-electron chi connectivity index (χ3n) is 11.4. The Kier molecular flexibility index (Phi) is 9.47. The molecule has 14 heteroatoms. The predicted molar refractivity (Wildman–Crippen MR) is 166 cm³/mol. The molecule has 48 heavy (non-hydrogen) atoms. The van der Waals surface area contributed by atoms with Crippen molar-refractivity contribution in [2.75, 3.05) is 6.61 Å². The number of Topliss-reactive ketones (excluding diaryl/α,β-unsaturated/α-hetero) is 1. The van der Waals surface area contributed by atoms with Gasteiger partial charge in [-0.1, -0.05) is 37.6 Å². The second kappa shape index (κ2) is 13.0. The second-order valence-electron chi connectivity index (χ2n) is 13.9. The Morgan fingerprint density at radius 2 is 1.90 bits per heavy atom. The summed E-state index contributed by atoms with van der Waals surface area (Å²) in [6.07, 6.45) is 3.47. The highest BCUT2D eigenvalue weighted by atomic mass is 16.6. The summed E-state index contributed by atoms with van der Waals surface area (Å²) in [5.74, 6) is -4.57. The fraction of sp³-hybridized carbons (Fsp3) is 0.559. The van der Waals surface area contributed by atoms with E-state index in [1.165, 1.54) is 18.2 Å². The lowest BCUT2D eigenvalue weighted by atomic mass is 9.46. The SMILES string of the molecule is C[C@]12C=CC(=O)C=C1CC[C@H]1[C@H]2[C@@H](O)C[C@@]2(C)[C@H]1CC[C@]2(O)C(=O)COC(=O)CCC(=O)N[C@H](C(=O)O)[C@@H](O)c1cccc([N+](=O)[O-])c1. The third-order valence-corrected chi connectivity index (χ3v) is 11.4. The first-order valence-corrected chi connectivity index (χ1v) is 16.0. The topological polar surface area (TPSA) is 231 Å². The summed E-state index contributed by atoms with van der Waals surface area (Å²) in [6.45, 7) is 3.06. The van der Waals surface area contributed by atoms with E-state index in [2.05, 4.69) is 5.32 Å². The maximum absolute atomic E-state index is 13.5. The molecule has 0 heterocycles. The molecule has 4 aliphatic rings. The molecule has 4 aliphatic carbocycles. The minimum Gasteiger partial charge on any atom is -0.480 e. The minimum atomic E-state index is -1.88. The summed E-state index contributed by atoms with van der Waals surface area (Å²) in [5.41, 5.74) is -2.87. The van der Waals surface area contributed by atoms with Crippen LogP contribution in [0.25, 0.3) is 0 Å². The quantitative estimate of drug-likeness (QED) is 0.130. The number of ketones is 2. The van der Waals surface area contributed by atoms with Crippen LogP contribution in [-0.4, -0.2) is 79.1 Å². The van der Waals surface area contributed by atoms with Gasteiger partial charge in [-0.05, 0) is 61.7 Å². The van der Waals surface area contributed by atoms with Crippen LogP contribution in [0.3, 0.4) is 0 Å². The Morgan fingerprint density at radius 3 is 2.58 bits per heavy atom. The number of nitro groups is 1. The lowest BCUT2D eigenvalue weighted by Crippen LogP contribution is -2.61. The largest absolute Gasteiger partial charge is 0.480 e. The molecule has 0 radical (unpaired) electrons. The molecule has 0 aromatic heterocycles. The monoisotopic (exact) mass is 668 g/mol. The van der Waals surface area contributed by atoms with Crippen LogP contribution >= 0.6 is 0 Å². The summed E-state index contributed by atoms with van der Waals surface area (Å²) >= 11 is 0. The summed E-state index contributed by atoms with van der Waals surface area (Å²) in [4.78, 5) is 72.6. The molecule has 3 saturated carbocycles. The Morgan fingerprint density at radius 1 is 1.17 bits per heavy atom. The van der Waals surface area contributed by atoms with Gasteiger partial charge in [0, 0.05) is 35.3 Å². The molecular formula is C34H40N2O12. The number of carboxylic acids is 1. The van der Waals surface area contributed by atoms with Crippen LogP contribution in [-0.2, 0) is 28.7 Å². The number of fused-ring (bicyclic) bond motifs is 5. The van der Waals surface area contributed by atoms with Crippen LogP contribution in [0.4, 0.5) is 5.69 Å². The zero-order chi connectivity index (χ0) is 35.2. The van der Waals surface area contributed by atoms with Gasteiger partial charge < -0.3 is 30.5 Å². The summed E-state index contributed by atoms with van der Waals surface area (Å²) in [5, 5.41) is 56.5. The van der Waals surface area contributed by atoms with Gasteiger partial charge in [-0.15, -0.1) is 0 Å². The van der Waals surface area contributed by atoms with Gasteiger partial charge in [0.2, 0.25) is 11.7 Å². The van der Waals surface area contributed by atoms with Crippen LogP contribution in [0.2, 0.25) is 0 Å². The highest BCUT2D eigenvalue weighted by Gasteiger charge is 2.68. The Labute approximate surface area is 276 Å². The maximum Gasteiger partial charge on any atom is 0.329 e. The molecule has 14 nitrogen and oxygen atoms in total. The van der Waals surface area contributed by atoms with Gasteiger partial charge in [0.15, 0.2) is 18.4 Å². The molecule has 0 unspecified atom stereocenters. The molecule has 0 saturated heterocycles. The lowest BCUT2D eigenvalue weighted by Gasteiger charge is -2.59. The Bertz CT molecular complexity index is 1600. The average Bonchev–Trinajstić information content (AvgIpc) is 3.31. The van der Waals surface area contributed by atoms with Crippen molar-refractivity contribution in [3.05, 3.63) is 63.7 Å². The van der Waals surface area contributed by atoms with Gasteiger partial charge >= 0.3 is 11.9 Å². The number of ether oxygens (including phenoxy) is 1. The van der Waals surface area contributed by atoms with Gasteiger partial charge in [-0.2, -0.15) is 0 Å². The number of carbonyl (C=O) groups is 5. The first-order chi connectivity index (χ1) is 22.5. The van der Waals surface area contributed by atoms with Gasteiger partial charge in [-0.3, -0.25) is 29.3 Å². The summed E-state index contributed by atoms with van der Waals surface area (Å²) < 4.78 is 5.12. The summed E-state index contributed by atoms with van der Waals surface area (Å²) in [7, 11) is 0. The number of amides is 1. The standard InChI is InChI=1S/C34H40N2O12/c1-32-12-10-21(37)15-19(32)6-7-22-23-11-13-34(45,33(23,2)16-24(38)28(22)32)25(39)17-48-27(41)9-8-26(40)35-29(31(43)44)30(42)18-4-3-5-20(14-18)36(46)47/h3-5,10,12,14-15,22-24,28-30,38,42,45H,6-9,11,13,16-17H2,1-2H3,(H,35,40)(H,43,44)/t22-,23+,24+,28+,29+,30+,32+,33+,34+/m1/s1. The number of hydrogen-bond acceptors (Lipinski definition) is 11. The fourth-order valence-corrected chi connectivity index (χ4v) is 8.88. The van der Waals surface area contributed by atoms with Crippen LogP contribution in [0.1, 0.15) is 70.5 Å². The predicted octanol–water partition coefficient (Wildman–Crippen LogP) is 2.10. The van der Waals surface area contributed by atoms with E-state index in [1.54, 1.807) is 13.0 Å². The number of nitro benzene ring substituents is 1. The number of rotatable bonds is 11. The van der Waals surface area contributed by atoms with Gasteiger partial charge in [-0.25, -0.2) is 4.79 Å². The Balaban J connectivity index is 1.17. The number of nitrogens with one attached hydrogen (secondary N) is 1. The van der Waals surface area contributed by atoms with E-state index in [4.69, 9.17) is 4.74 Å². The number of aliphatic hydroxyl groups excluding tert-OH is 2. The van der Waals surface area contributed by atoms with Crippen LogP contribution in [0.5, 0.6) is 0 Å². The maximum atomic E-state index is 13.5. The molecule has 1 amide bonds. The molecule has 0 aliphatic heterocycles. The molecular weight excluding hydrogens is 628 g/mol. The zero-order valence-corrected chi connectivity index (χ0v) is 26.7. The molecule has 5 N–H and O–H groups in total. The number of carboxylic acid groups (broad SMARTS) is 1. The number of allylic oxidation sites excluding steroid dienone is 4. The van der Waals surface area contributed by atoms with E-state index < -0.39 is 82.7 Å². The van der Waals surface area contributed by atoms with Crippen LogP contribution in [0.15, 0.2) is 48.1 Å². The first kappa shape index (κ1) is 35.0. The molecule has 3 fully saturated rings. The van der Waals surface area contributed by atoms with Crippen molar-refractivity contribution in [3.63, 3.8) is 0 Å². The zero-order valence-electron chi connectivity index (χ0n) is 26.7. The van der Waals surface area contributed by atoms with E-state index in [9.17, 15) is 54.5 Å². The van der Waals surface area contributed by atoms with Crippen molar-refractivity contribution in [1.82, 2.24) is 5.32 Å². The van der Waals surface area contributed by atoms with Crippen molar-refractivity contribution in [2.45, 2.75) is 82.6 Å². The number of carbonyl (C=O) groups excluding carboxylic acids is 4. The number of aliphatic carboxylic acids is 1. The number of non-ortho nitro benzene ring substituents is 1. The highest BCUT2D eigenvalue weighted by molar-refractivity contribution is 6.01. The van der Waals surface area contributed by atoms with Crippen molar-refractivity contribution in [1.29, 1.82) is 0 Å². The van der Waals surface area contributed by atoms with E-state index in [-0.39, 0.29) is 47.6 Å². The molecule has 258 valence electrons. The number of nitrogens with zero attached hydrogens (tertiary/aromatic N) is 1. The van der Waals surface area contributed by atoms with Gasteiger partial charge in [0.05, 0.1) is 17.4 Å². The normalized spacial score (nSPS) is 33.3. The van der Waals surface area contributed by atoms with Crippen molar-refractivity contribution in [2.24, 2.45) is 28.6 Å². The lowest BCUT2D eigenvalue weighted by molar-refractivity contribution is -0.385. The molecule has 5 rings (SSSR count). The van der Waals surface area contributed by atoms with E-state index >= 15 is 0 Å². The summed E-state index contributed by atoms with van der Waals surface area (Å²) in [6, 6.07) is 2.78. The van der Waals surface area contributed by atoms with E-state index in [0.29, 0.717) is 19.3 Å². The average molecular weight is 669 g/mol. The molecule has 0 spiro atoms.